The Hall–Kier alpha value is -4.18. The highest BCUT2D eigenvalue weighted by molar-refractivity contribution is 5.83. The molecule has 4 bridgehead atoms. The third kappa shape index (κ3) is 3.13. The summed E-state index contributed by atoms with van der Waals surface area (Å²) in [7, 11) is 0. The van der Waals surface area contributed by atoms with E-state index in [4.69, 9.17) is 19.9 Å². The average molecular weight is 519 g/mol. The van der Waals surface area contributed by atoms with Crippen LogP contribution in [0.2, 0.25) is 0 Å². The van der Waals surface area contributed by atoms with Crippen LogP contribution in [-0.2, 0) is 5.41 Å². The van der Waals surface area contributed by atoms with Gasteiger partial charge in [-0.25, -0.2) is 15.0 Å². The molecule has 4 nitrogen and oxygen atoms in total. The molecule has 0 amide bonds. The standard InChI is InChI=1S/C36H30N4/c1-3-8-24(9-4-1)33-38-34(25-10-5-2-6-11-25)40-35(39-33)26-13-14-29-30-12-7-15-37-32(30)36(31(29)21-26)27-17-22-16-23(19-27)20-28(36)18-22/h1-15,21-23,27-28H,16-20H2. The van der Waals surface area contributed by atoms with Crippen LogP contribution >= 0.6 is 0 Å². The smallest absolute Gasteiger partial charge is 0.164 e. The van der Waals surface area contributed by atoms with Gasteiger partial charge in [0.1, 0.15) is 0 Å². The largest absolute Gasteiger partial charge is 0.260 e. The summed E-state index contributed by atoms with van der Waals surface area (Å²) in [6.07, 6.45) is 8.83. The minimum atomic E-state index is 0.0207. The summed E-state index contributed by atoms with van der Waals surface area (Å²) < 4.78 is 0. The Morgan fingerprint density at radius 3 is 1.70 bits per heavy atom. The van der Waals surface area contributed by atoms with E-state index in [1.165, 1.54) is 54.5 Å². The third-order valence-corrected chi connectivity index (χ3v) is 10.3. The molecule has 0 atom stereocenters. The second-order valence-corrected chi connectivity index (χ2v) is 12.4. The lowest BCUT2D eigenvalue weighted by atomic mass is 9.43. The molecule has 5 aromatic rings. The van der Waals surface area contributed by atoms with Crippen molar-refractivity contribution in [3.63, 3.8) is 0 Å². The van der Waals surface area contributed by atoms with E-state index in [-0.39, 0.29) is 5.41 Å². The average Bonchev–Trinajstić information content (AvgIpc) is 3.30. The number of pyridine rings is 1. The van der Waals surface area contributed by atoms with Gasteiger partial charge in [-0.3, -0.25) is 4.98 Å². The number of fused-ring (bicyclic) bond motifs is 3. The molecule has 2 heterocycles. The fourth-order valence-corrected chi connectivity index (χ4v) is 9.03. The second kappa shape index (κ2) is 8.41. The van der Waals surface area contributed by atoms with Crippen LogP contribution < -0.4 is 0 Å². The van der Waals surface area contributed by atoms with E-state index in [2.05, 4.69) is 54.6 Å². The van der Waals surface area contributed by atoms with Crippen molar-refractivity contribution in [2.75, 3.05) is 0 Å². The molecule has 0 unspecified atom stereocenters. The van der Waals surface area contributed by atoms with Crippen LogP contribution in [0.25, 0.3) is 45.3 Å². The molecule has 2 aromatic heterocycles. The van der Waals surface area contributed by atoms with E-state index in [0.29, 0.717) is 23.5 Å². The Bertz CT molecular complexity index is 1680. The summed E-state index contributed by atoms with van der Waals surface area (Å²) in [4.78, 5) is 20.2. The predicted molar refractivity (Wildman–Crippen MR) is 157 cm³/mol. The van der Waals surface area contributed by atoms with Gasteiger partial charge in [-0.2, -0.15) is 0 Å². The van der Waals surface area contributed by atoms with Crippen molar-refractivity contribution in [3.05, 3.63) is 108 Å². The summed E-state index contributed by atoms with van der Waals surface area (Å²) in [5, 5.41) is 0. The minimum Gasteiger partial charge on any atom is -0.260 e. The first kappa shape index (κ1) is 22.6. The van der Waals surface area contributed by atoms with Crippen LogP contribution in [0.1, 0.15) is 43.4 Å². The molecule has 5 aliphatic rings. The van der Waals surface area contributed by atoms with Gasteiger partial charge in [-0.05, 0) is 79.0 Å². The summed E-state index contributed by atoms with van der Waals surface area (Å²) in [5.74, 6) is 5.30. The Kier molecular flexibility index (Phi) is 4.75. The zero-order valence-corrected chi connectivity index (χ0v) is 22.4. The molecular weight excluding hydrogens is 488 g/mol. The van der Waals surface area contributed by atoms with Crippen LogP contribution in [0.3, 0.4) is 0 Å². The zero-order valence-electron chi connectivity index (χ0n) is 22.4. The molecule has 0 radical (unpaired) electrons. The fraction of sp³-hybridized carbons (Fsp3) is 0.278. The maximum atomic E-state index is 5.14. The number of aromatic nitrogens is 4. The van der Waals surface area contributed by atoms with Crippen molar-refractivity contribution in [1.29, 1.82) is 0 Å². The Morgan fingerprint density at radius 2 is 1.10 bits per heavy atom. The molecular formula is C36H30N4. The lowest BCUT2D eigenvalue weighted by molar-refractivity contribution is -0.0415. The maximum Gasteiger partial charge on any atom is 0.164 e. The Balaban J connectivity index is 1.25. The molecule has 1 spiro atoms. The lowest BCUT2D eigenvalue weighted by Crippen LogP contribution is -2.55. The van der Waals surface area contributed by atoms with E-state index >= 15 is 0 Å². The van der Waals surface area contributed by atoms with Crippen LogP contribution in [0.5, 0.6) is 0 Å². The molecule has 4 heteroatoms. The highest BCUT2D eigenvalue weighted by Gasteiger charge is 2.62. The van der Waals surface area contributed by atoms with Gasteiger partial charge in [0, 0.05) is 33.9 Å². The van der Waals surface area contributed by atoms with E-state index < -0.39 is 0 Å². The van der Waals surface area contributed by atoms with E-state index in [9.17, 15) is 0 Å². The van der Waals surface area contributed by atoms with Crippen molar-refractivity contribution in [2.24, 2.45) is 23.7 Å². The normalized spacial score (nSPS) is 27.1. The van der Waals surface area contributed by atoms with E-state index in [1.807, 2.05) is 42.6 Å². The highest BCUT2D eigenvalue weighted by Crippen LogP contribution is 2.69. The van der Waals surface area contributed by atoms with Gasteiger partial charge in [-0.1, -0.05) is 78.9 Å². The SMILES string of the molecule is c1ccc(-c2nc(-c3ccccc3)nc(-c3ccc4c(c3)C3(c5ncccc5-4)C4CC5CC(C4)CC3C5)n2)cc1. The monoisotopic (exact) mass is 518 g/mol. The van der Waals surface area contributed by atoms with Gasteiger partial charge in [0.05, 0.1) is 5.69 Å². The quantitative estimate of drug-likeness (QED) is 0.243. The summed E-state index contributed by atoms with van der Waals surface area (Å²) in [5.41, 5.74) is 8.58. The van der Waals surface area contributed by atoms with Gasteiger partial charge in [0.25, 0.3) is 0 Å². The lowest BCUT2D eigenvalue weighted by Gasteiger charge is -2.60. The van der Waals surface area contributed by atoms with E-state index in [1.54, 1.807) is 0 Å². The number of nitrogens with zero attached hydrogens (tertiary/aromatic N) is 4. The molecule has 194 valence electrons. The predicted octanol–water partition coefficient (Wildman–Crippen LogP) is 7.99. The van der Waals surface area contributed by atoms with Crippen LogP contribution in [0.15, 0.2) is 97.2 Å². The molecule has 40 heavy (non-hydrogen) atoms. The first-order valence-corrected chi connectivity index (χ1v) is 14.7. The molecule has 0 aliphatic heterocycles. The third-order valence-electron chi connectivity index (χ3n) is 10.3. The van der Waals surface area contributed by atoms with Crippen LogP contribution in [0.4, 0.5) is 0 Å². The molecule has 10 rings (SSSR count). The first-order valence-electron chi connectivity index (χ1n) is 14.7. The summed E-state index contributed by atoms with van der Waals surface area (Å²) in [6.45, 7) is 0. The topological polar surface area (TPSA) is 51.6 Å². The molecule has 5 aliphatic carbocycles. The molecule has 4 saturated carbocycles. The second-order valence-electron chi connectivity index (χ2n) is 12.4. The highest BCUT2D eigenvalue weighted by atomic mass is 15.0. The summed E-state index contributed by atoms with van der Waals surface area (Å²) >= 11 is 0. The Labute approximate surface area is 234 Å². The number of hydrogen-bond acceptors (Lipinski definition) is 4. The number of rotatable bonds is 3. The zero-order chi connectivity index (χ0) is 26.3. The number of benzene rings is 3. The molecule has 0 N–H and O–H groups in total. The number of hydrogen-bond donors (Lipinski definition) is 0. The maximum absolute atomic E-state index is 5.14. The van der Waals surface area contributed by atoms with Crippen LogP contribution in [0, 0.1) is 23.7 Å². The fourth-order valence-electron chi connectivity index (χ4n) is 9.03. The minimum absolute atomic E-state index is 0.0207. The van der Waals surface area contributed by atoms with Gasteiger partial charge < -0.3 is 0 Å². The van der Waals surface area contributed by atoms with Gasteiger partial charge in [0.2, 0.25) is 0 Å². The molecule has 3 aromatic carbocycles. The van der Waals surface area contributed by atoms with Crippen LogP contribution in [-0.4, -0.2) is 19.9 Å². The first-order chi connectivity index (χ1) is 19.8. The van der Waals surface area contributed by atoms with Gasteiger partial charge in [0.15, 0.2) is 17.5 Å². The Morgan fingerprint density at radius 1 is 0.525 bits per heavy atom. The van der Waals surface area contributed by atoms with E-state index in [0.717, 1.165) is 34.4 Å². The van der Waals surface area contributed by atoms with Crippen molar-refractivity contribution in [3.8, 4) is 45.3 Å². The van der Waals surface area contributed by atoms with Gasteiger partial charge in [-0.15, -0.1) is 0 Å². The molecule has 0 saturated heterocycles. The van der Waals surface area contributed by atoms with Crippen molar-refractivity contribution >= 4 is 0 Å². The van der Waals surface area contributed by atoms with Crippen molar-refractivity contribution in [2.45, 2.75) is 37.5 Å². The van der Waals surface area contributed by atoms with Gasteiger partial charge >= 0.3 is 0 Å². The van der Waals surface area contributed by atoms with Crippen molar-refractivity contribution < 1.29 is 0 Å². The molecule has 4 fully saturated rings. The summed E-state index contributed by atoms with van der Waals surface area (Å²) in [6, 6.07) is 31.9. The van der Waals surface area contributed by atoms with Crippen molar-refractivity contribution in [1.82, 2.24) is 19.9 Å².